The molecule has 6 rings (SSSR count). The van der Waals surface area contributed by atoms with E-state index in [1.54, 1.807) is 41.7 Å². The highest BCUT2D eigenvalue weighted by Gasteiger charge is 2.33. The zero-order valence-electron chi connectivity index (χ0n) is 22.1. The van der Waals surface area contributed by atoms with Gasteiger partial charge < -0.3 is 10.6 Å². The number of likely N-dealkylation sites (tertiary alicyclic amines) is 1. The fraction of sp³-hybridized carbons (Fsp3) is 0.250. The smallest absolute Gasteiger partial charge is 0.273 e. The van der Waals surface area contributed by atoms with Crippen LogP contribution in [0.4, 0.5) is 10.9 Å². The minimum Gasteiger partial charge on any atom is -0.382 e. The number of hydrogen-bond acceptors (Lipinski definition) is 9. The number of anilines is 2. The number of benzene rings is 1. The second-order valence-corrected chi connectivity index (χ2v) is 11.0. The maximum absolute atomic E-state index is 13.5. The normalized spacial score (nSPS) is 15.3. The molecule has 11 nitrogen and oxygen atoms in total. The van der Waals surface area contributed by atoms with Crippen LogP contribution in [0, 0.1) is 0 Å². The molecule has 3 N–H and O–H groups in total. The summed E-state index contributed by atoms with van der Waals surface area (Å²) in [6.07, 6.45) is 10.1. The predicted molar refractivity (Wildman–Crippen MR) is 157 cm³/mol. The number of rotatable bonds is 6. The zero-order valence-corrected chi connectivity index (χ0v) is 23.7. The van der Waals surface area contributed by atoms with Crippen LogP contribution in [0.5, 0.6) is 0 Å². The van der Waals surface area contributed by atoms with Crippen molar-refractivity contribution in [3.05, 3.63) is 82.4 Å². The zero-order chi connectivity index (χ0) is 28.5. The van der Waals surface area contributed by atoms with Crippen molar-refractivity contribution in [2.75, 3.05) is 17.6 Å². The molecule has 1 aliphatic rings. The number of hydrogen-bond donors (Lipinski definition) is 2. The molecule has 1 fully saturated rings. The van der Waals surface area contributed by atoms with Crippen molar-refractivity contribution < 1.29 is 9.59 Å². The highest BCUT2D eigenvalue weighted by atomic mass is 35.5. The minimum absolute atomic E-state index is 0.0197. The molecule has 0 radical (unpaired) electrons. The number of fused-ring (bicyclic) bond motifs is 1. The van der Waals surface area contributed by atoms with E-state index in [-0.39, 0.29) is 28.8 Å². The second-order valence-electron chi connectivity index (χ2n) is 9.59. The fourth-order valence-electron chi connectivity index (χ4n) is 5.05. The summed E-state index contributed by atoms with van der Waals surface area (Å²) in [4.78, 5) is 50.8. The largest absolute Gasteiger partial charge is 0.382 e. The molecule has 41 heavy (non-hydrogen) atoms. The summed E-state index contributed by atoms with van der Waals surface area (Å²) >= 11 is 7.43. The first-order valence-electron chi connectivity index (χ1n) is 13.2. The molecular weight excluding hydrogens is 562 g/mol. The van der Waals surface area contributed by atoms with E-state index in [1.807, 2.05) is 23.5 Å². The number of carbonyl (C=O) groups excluding carboxylic acids is 2. The van der Waals surface area contributed by atoms with Crippen LogP contribution in [0.25, 0.3) is 16.8 Å². The van der Waals surface area contributed by atoms with Crippen molar-refractivity contribution in [2.24, 2.45) is 0 Å². The summed E-state index contributed by atoms with van der Waals surface area (Å²) in [6, 6.07) is 8.40. The van der Waals surface area contributed by atoms with Gasteiger partial charge in [0, 0.05) is 47.3 Å². The lowest BCUT2D eigenvalue weighted by Gasteiger charge is -2.34. The average Bonchev–Trinajstić information content (AvgIpc) is 3.62. The number of aryl methyl sites for hydroxylation is 1. The maximum Gasteiger partial charge on any atom is 0.273 e. The van der Waals surface area contributed by atoms with Crippen molar-refractivity contribution >= 4 is 51.2 Å². The number of nitrogen functional groups attached to an aromatic ring is 1. The van der Waals surface area contributed by atoms with Crippen LogP contribution in [0.1, 0.15) is 63.8 Å². The molecule has 1 atom stereocenters. The first kappa shape index (κ1) is 26.8. The van der Waals surface area contributed by atoms with Gasteiger partial charge in [-0.1, -0.05) is 19.1 Å². The van der Waals surface area contributed by atoms with Crippen LogP contribution in [-0.2, 0) is 6.42 Å². The summed E-state index contributed by atoms with van der Waals surface area (Å²) in [6.45, 7) is 2.60. The lowest BCUT2D eigenvalue weighted by molar-refractivity contribution is 0.0593. The van der Waals surface area contributed by atoms with E-state index >= 15 is 0 Å². The van der Waals surface area contributed by atoms with Crippen molar-refractivity contribution in [1.82, 2.24) is 34.2 Å². The maximum atomic E-state index is 13.5. The number of piperidine rings is 1. The van der Waals surface area contributed by atoms with Crippen LogP contribution in [0.3, 0.4) is 0 Å². The molecule has 0 aliphatic carbocycles. The number of nitrogens with one attached hydrogen (secondary N) is 1. The van der Waals surface area contributed by atoms with E-state index in [0.717, 1.165) is 36.1 Å². The van der Waals surface area contributed by atoms with Crippen molar-refractivity contribution in [1.29, 1.82) is 0 Å². The molecule has 0 spiro atoms. The van der Waals surface area contributed by atoms with Gasteiger partial charge in [0.05, 0.1) is 6.04 Å². The van der Waals surface area contributed by atoms with Gasteiger partial charge in [-0.05, 0) is 55.5 Å². The highest BCUT2D eigenvalue weighted by molar-refractivity contribution is 7.15. The number of halogens is 1. The number of imidazole rings is 1. The van der Waals surface area contributed by atoms with Gasteiger partial charge in [-0.3, -0.25) is 19.3 Å². The average molecular weight is 588 g/mol. The SMILES string of the molecule is CCc1cnc(NC(=O)c2ccc(-c3nc(C4CCCCN4C(=O)c4ccnc(Cl)n4)n4ccnc(N)c34)cc2)s1. The van der Waals surface area contributed by atoms with Crippen molar-refractivity contribution in [3.63, 3.8) is 0 Å². The van der Waals surface area contributed by atoms with Gasteiger partial charge in [-0.25, -0.2) is 24.9 Å². The van der Waals surface area contributed by atoms with E-state index in [1.165, 1.54) is 17.5 Å². The third kappa shape index (κ3) is 5.23. The van der Waals surface area contributed by atoms with Crippen LogP contribution < -0.4 is 11.1 Å². The van der Waals surface area contributed by atoms with E-state index < -0.39 is 0 Å². The topological polar surface area (TPSA) is 144 Å². The Morgan fingerprint density at radius 1 is 1.10 bits per heavy atom. The predicted octanol–water partition coefficient (Wildman–Crippen LogP) is 5.06. The number of aromatic nitrogens is 6. The third-order valence-corrected chi connectivity index (χ3v) is 8.30. The van der Waals surface area contributed by atoms with Crippen molar-refractivity contribution in [2.45, 2.75) is 38.6 Å². The number of nitrogens with zero attached hydrogens (tertiary/aromatic N) is 7. The lowest BCUT2D eigenvalue weighted by atomic mass is 10.0. The molecule has 1 aromatic carbocycles. The molecule has 2 amide bonds. The first-order chi connectivity index (χ1) is 19.9. The number of amides is 2. The van der Waals surface area contributed by atoms with Gasteiger partial charge in [-0.2, -0.15) is 0 Å². The minimum atomic E-state index is -0.315. The van der Waals surface area contributed by atoms with Gasteiger partial charge in [0.25, 0.3) is 11.8 Å². The molecule has 5 heterocycles. The molecule has 13 heteroatoms. The Morgan fingerprint density at radius 3 is 2.68 bits per heavy atom. The Balaban J connectivity index is 1.34. The van der Waals surface area contributed by atoms with E-state index in [2.05, 4.69) is 25.3 Å². The van der Waals surface area contributed by atoms with E-state index in [0.29, 0.717) is 40.1 Å². The summed E-state index contributed by atoms with van der Waals surface area (Å²) < 4.78 is 1.90. The molecule has 208 valence electrons. The van der Waals surface area contributed by atoms with Crippen LogP contribution in [0.15, 0.2) is 55.1 Å². The number of nitrogens with two attached hydrogens (primary N) is 1. The van der Waals surface area contributed by atoms with Crippen LogP contribution >= 0.6 is 22.9 Å². The van der Waals surface area contributed by atoms with Crippen molar-refractivity contribution in [3.8, 4) is 11.3 Å². The Labute approximate surface area is 244 Å². The molecule has 0 bridgehead atoms. The van der Waals surface area contributed by atoms with Gasteiger partial charge in [-0.15, -0.1) is 11.3 Å². The molecule has 5 aromatic rings. The molecule has 1 aliphatic heterocycles. The lowest BCUT2D eigenvalue weighted by Crippen LogP contribution is -2.39. The van der Waals surface area contributed by atoms with Gasteiger partial charge in [0.1, 0.15) is 28.5 Å². The highest BCUT2D eigenvalue weighted by Crippen LogP contribution is 2.36. The molecule has 0 saturated carbocycles. The molecule has 1 unspecified atom stereocenters. The monoisotopic (exact) mass is 587 g/mol. The summed E-state index contributed by atoms with van der Waals surface area (Å²) in [5.41, 5.74) is 9.11. The molecular formula is C28H26ClN9O2S. The van der Waals surface area contributed by atoms with Gasteiger partial charge in [0.15, 0.2) is 5.13 Å². The van der Waals surface area contributed by atoms with Crippen LogP contribution in [0.2, 0.25) is 5.28 Å². The van der Waals surface area contributed by atoms with Gasteiger partial charge in [0.2, 0.25) is 5.28 Å². The van der Waals surface area contributed by atoms with E-state index in [4.69, 9.17) is 22.3 Å². The van der Waals surface area contributed by atoms with Crippen LogP contribution in [-0.4, -0.2) is 52.6 Å². The summed E-state index contributed by atoms with van der Waals surface area (Å²) in [5.74, 6) is 0.511. The Hall–Kier alpha value is -4.42. The second kappa shape index (κ2) is 11.2. The quantitative estimate of drug-likeness (QED) is 0.262. The number of thiazole rings is 1. The molecule has 4 aromatic heterocycles. The third-order valence-electron chi connectivity index (χ3n) is 7.06. The Morgan fingerprint density at radius 2 is 1.93 bits per heavy atom. The summed E-state index contributed by atoms with van der Waals surface area (Å²) in [5, 5.41) is 3.44. The summed E-state index contributed by atoms with van der Waals surface area (Å²) in [7, 11) is 0. The standard InChI is InChI=1S/C28H26ClN9O2S/c1-2-18-15-33-28(41-18)36-25(39)17-8-6-16(7-9-17)21-22-23(30)31-12-14-38(22)24(35-21)20-5-3-4-13-37(20)26(40)19-10-11-32-27(29)34-19/h6-12,14-15,20H,2-5,13H2,1H3,(H2,30,31)(H,33,36,39). The Bertz CT molecular complexity index is 1750. The fourth-order valence-corrected chi connectivity index (χ4v) is 5.94. The van der Waals surface area contributed by atoms with Gasteiger partial charge >= 0.3 is 0 Å². The Kier molecular flexibility index (Phi) is 7.33. The first-order valence-corrected chi connectivity index (χ1v) is 14.4. The van der Waals surface area contributed by atoms with E-state index in [9.17, 15) is 9.59 Å². The number of carbonyl (C=O) groups is 2. The molecule has 1 saturated heterocycles.